The van der Waals surface area contributed by atoms with Crippen LogP contribution in [0.4, 0.5) is 0 Å². The highest BCUT2D eigenvalue weighted by Gasteiger charge is 2.39. The molecule has 1 aliphatic rings. The molecule has 0 bridgehead atoms. The topological polar surface area (TPSA) is 20.2 Å². The molecular weight excluding hydrogens is 160 g/mol. The Labute approximate surface area is 81.9 Å². The summed E-state index contributed by atoms with van der Waals surface area (Å²) < 4.78 is 0. The van der Waals surface area contributed by atoms with Crippen molar-refractivity contribution in [3.05, 3.63) is 12.7 Å². The molecule has 1 fully saturated rings. The summed E-state index contributed by atoms with van der Waals surface area (Å²) in [7, 11) is 0. The summed E-state index contributed by atoms with van der Waals surface area (Å²) in [5.74, 6) is 0.421. The van der Waals surface area contributed by atoms with Crippen molar-refractivity contribution in [1.29, 1.82) is 0 Å². The maximum atomic E-state index is 10.2. The van der Waals surface area contributed by atoms with Crippen LogP contribution in [0.15, 0.2) is 12.7 Å². The van der Waals surface area contributed by atoms with Gasteiger partial charge in [-0.1, -0.05) is 26.8 Å². The van der Waals surface area contributed by atoms with E-state index < -0.39 is 5.60 Å². The lowest BCUT2D eigenvalue weighted by atomic mass is 9.78. The molecule has 2 unspecified atom stereocenters. The molecule has 0 aliphatic heterocycles. The van der Waals surface area contributed by atoms with Crippen molar-refractivity contribution < 1.29 is 5.11 Å². The van der Waals surface area contributed by atoms with Gasteiger partial charge in [0.05, 0.1) is 5.60 Å². The van der Waals surface area contributed by atoms with E-state index in [-0.39, 0.29) is 0 Å². The largest absolute Gasteiger partial charge is 0.386 e. The molecule has 0 spiro atoms. The third-order valence-corrected chi connectivity index (χ3v) is 3.05. The van der Waals surface area contributed by atoms with Gasteiger partial charge in [0.2, 0.25) is 0 Å². The summed E-state index contributed by atoms with van der Waals surface area (Å²) in [4.78, 5) is 0. The maximum Gasteiger partial charge on any atom is 0.0853 e. The number of rotatable bonds is 2. The van der Waals surface area contributed by atoms with Gasteiger partial charge in [-0.05, 0) is 37.0 Å². The molecule has 0 aromatic heterocycles. The van der Waals surface area contributed by atoms with Crippen LogP contribution in [-0.2, 0) is 0 Å². The Kier molecular flexibility index (Phi) is 2.86. The minimum atomic E-state index is -0.576. The van der Waals surface area contributed by atoms with Crippen LogP contribution in [0.1, 0.15) is 46.5 Å². The van der Waals surface area contributed by atoms with Crippen molar-refractivity contribution in [2.75, 3.05) is 0 Å². The Hall–Kier alpha value is -0.300. The fraction of sp³-hybridized carbons (Fsp3) is 0.833. The van der Waals surface area contributed by atoms with E-state index in [4.69, 9.17) is 0 Å². The molecule has 0 saturated heterocycles. The minimum Gasteiger partial charge on any atom is -0.386 e. The predicted molar refractivity (Wildman–Crippen MR) is 56.6 cm³/mol. The number of hydrogen-bond acceptors (Lipinski definition) is 1. The van der Waals surface area contributed by atoms with E-state index >= 15 is 0 Å². The fourth-order valence-electron chi connectivity index (χ4n) is 2.37. The van der Waals surface area contributed by atoms with Gasteiger partial charge in [0.1, 0.15) is 0 Å². The SMILES string of the molecule is C=CC1(O)CCCC1CC(C)(C)C. The highest BCUT2D eigenvalue weighted by atomic mass is 16.3. The zero-order chi connectivity index (χ0) is 10.1. The van der Waals surface area contributed by atoms with Crippen LogP contribution >= 0.6 is 0 Å². The Morgan fingerprint density at radius 3 is 2.62 bits per heavy atom. The van der Waals surface area contributed by atoms with Crippen LogP contribution in [0.25, 0.3) is 0 Å². The van der Waals surface area contributed by atoms with Gasteiger partial charge < -0.3 is 5.11 Å². The monoisotopic (exact) mass is 182 g/mol. The van der Waals surface area contributed by atoms with Crippen LogP contribution in [0.5, 0.6) is 0 Å². The van der Waals surface area contributed by atoms with Gasteiger partial charge in [-0.25, -0.2) is 0 Å². The molecule has 0 aromatic rings. The summed E-state index contributed by atoms with van der Waals surface area (Å²) >= 11 is 0. The third kappa shape index (κ3) is 2.57. The molecule has 0 heterocycles. The van der Waals surface area contributed by atoms with Crippen LogP contribution in [-0.4, -0.2) is 10.7 Å². The van der Waals surface area contributed by atoms with Crippen molar-refractivity contribution in [3.63, 3.8) is 0 Å². The second-order valence-corrected chi connectivity index (χ2v) is 5.55. The van der Waals surface area contributed by atoms with Gasteiger partial charge in [-0.3, -0.25) is 0 Å². The van der Waals surface area contributed by atoms with Crippen LogP contribution in [0, 0.1) is 11.3 Å². The van der Waals surface area contributed by atoms with Crippen molar-refractivity contribution in [1.82, 2.24) is 0 Å². The van der Waals surface area contributed by atoms with Gasteiger partial charge in [0, 0.05) is 0 Å². The molecule has 1 heteroatoms. The van der Waals surface area contributed by atoms with Gasteiger partial charge in [0.15, 0.2) is 0 Å². The quantitative estimate of drug-likeness (QED) is 0.650. The average Bonchev–Trinajstić information content (AvgIpc) is 2.31. The number of aliphatic hydroxyl groups is 1. The Bertz CT molecular complexity index is 190. The van der Waals surface area contributed by atoms with Gasteiger partial charge in [0.25, 0.3) is 0 Å². The van der Waals surface area contributed by atoms with E-state index in [1.54, 1.807) is 6.08 Å². The number of hydrogen-bond donors (Lipinski definition) is 1. The highest BCUT2D eigenvalue weighted by molar-refractivity contribution is 5.04. The summed E-state index contributed by atoms with van der Waals surface area (Å²) in [6.07, 6.45) is 6.03. The molecule has 1 N–H and O–H groups in total. The molecule has 76 valence electrons. The molecular formula is C12H22O. The first-order valence-electron chi connectivity index (χ1n) is 5.23. The van der Waals surface area contributed by atoms with Crippen molar-refractivity contribution >= 4 is 0 Å². The lowest BCUT2D eigenvalue weighted by molar-refractivity contribution is 0.0331. The zero-order valence-corrected chi connectivity index (χ0v) is 9.14. The molecule has 2 atom stereocenters. The highest BCUT2D eigenvalue weighted by Crippen LogP contribution is 2.42. The van der Waals surface area contributed by atoms with Gasteiger partial charge in [-0.2, -0.15) is 0 Å². The third-order valence-electron chi connectivity index (χ3n) is 3.05. The van der Waals surface area contributed by atoms with Crippen molar-refractivity contribution in [3.8, 4) is 0 Å². The first-order valence-corrected chi connectivity index (χ1v) is 5.23. The van der Waals surface area contributed by atoms with Gasteiger partial charge >= 0.3 is 0 Å². The van der Waals surface area contributed by atoms with Crippen LogP contribution < -0.4 is 0 Å². The molecule has 13 heavy (non-hydrogen) atoms. The first kappa shape index (κ1) is 10.8. The summed E-state index contributed by atoms with van der Waals surface area (Å²) in [5, 5.41) is 10.2. The summed E-state index contributed by atoms with van der Waals surface area (Å²) in [6.45, 7) is 10.4. The molecule has 1 aliphatic carbocycles. The second-order valence-electron chi connectivity index (χ2n) is 5.55. The lowest BCUT2D eigenvalue weighted by Crippen LogP contribution is -2.32. The predicted octanol–water partition coefficient (Wildman–Crippen LogP) is 3.14. The van der Waals surface area contributed by atoms with E-state index in [1.807, 2.05) is 0 Å². The van der Waals surface area contributed by atoms with E-state index in [1.165, 1.54) is 0 Å². The van der Waals surface area contributed by atoms with Crippen LogP contribution in [0.3, 0.4) is 0 Å². The molecule has 0 aromatic carbocycles. The smallest absolute Gasteiger partial charge is 0.0853 e. The molecule has 1 rings (SSSR count). The first-order chi connectivity index (χ1) is 5.87. The maximum absolute atomic E-state index is 10.2. The Morgan fingerprint density at radius 2 is 2.15 bits per heavy atom. The van der Waals surface area contributed by atoms with E-state index in [0.29, 0.717) is 11.3 Å². The average molecular weight is 182 g/mol. The van der Waals surface area contributed by atoms with Gasteiger partial charge in [-0.15, -0.1) is 6.58 Å². The molecule has 0 radical (unpaired) electrons. The fourth-order valence-corrected chi connectivity index (χ4v) is 2.37. The van der Waals surface area contributed by atoms with E-state index in [9.17, 15) is 5.11 Å². The van der Waals surface area contributed by atoms with E-state index in [2.05, 4.69) is 27.4 Å². The zero-order valence-electron chi connectivity index (χ0n) is 9.14. The van der Waals surface area contributed by atoms with Crippen LogP contribution in [0.2, 0.25) is 0 Å². The standard InChI is InChI=1S/C12H22O/c1-5-12(13)8-6-7-10(12)9-11(2,3)4/h5,10,13H,1,6-9H2,2-4H3. The lowest BCUT2D eigenvalue weighted by Gasteiger charge is -2.31. The molecule has 1 nitrogen and oxygen atoms in total. The summed E-state index contributed by atoms with van der Waals surface area (Å²) in [5.41, 5.74) is -0.265. The van der Waals surface area contributed by atoms with Crippen molar-refractivity contribution in [2.45, 2.75) is 52.1 Å². The molecule has 0 amide bonds. The normalized spacial score (nSPS) is 34.9. The second kappa shape index (κ2) is 3.45. The Morgan fingerprint density at radius 1 is 1.54 bits per heavy atom. The minimum absolute atomic E-state index is 0.312. The summed E-state index contributed by atoms with van der Waals surface area (Å²) in [6, 6.07) is 0. The Balaban J connectivity index is 2.64. The molecule has 1 saturated carbocycles. The van der Waals surface area contributed by atoms with Crippen molar-refractivity contribution in [2.24, 2.45) is 11.3 Å². The van der Waals surface area contributed by atoms with E-state index in [0.717, 1.165) is 25.7 Å².